The number of ether oxygens (including phenoxy) is 1. The number of hydrogen-bond donors (Lipinski definition) is 2. The second-order valence-corrected chi connectivity index (χ2v) is 9.02. The third-order valence-corrected chi connectivity index (χ3v) is 6.35. The molecule has 0 saturated carbocycles. The van der Waals surface area contributed by atoms with Crippen LogP contribution in [-0.4, -0.2) is 73.7 Å². The maximum atomic E-state index is 12.8. The fourth-order valence-corrected chi connectivity index (χ4v) is 4.44. The van der Waals surface area contributed by atoms with Gasteiger partial charge in [-0.05, 0) is 44.6 Å². The maximum absolute atomic E-state index is 12.8. The highest BCUT2D eigenvalue weighted by molar-refractivity contribution is 6.13. The van der Waals surface area contributed by atoms with Gasteiger partial charge in [0.05, 0.1) is 18.4 Å². The van der Waals surface area contributed by atoms with Crippen LogP contribution in [0.1, 0.15) is 42.7 Å². The topological polar surface area (TPSA) is 112 Å². The van der Waals surface area contributed by atoms with Gasteiger partial charge in [0.15, 0.2) is 0 Å². The number of hydrogen-bond acceptors (Lipinski definition) is 8. The summed E-state index contributed by atoms with van der Waals surface area (Å²) >= 11 is 0. The SMILES string of the molecule is COc1ccc2cc1CN(C)CCCCCC(=O)NCCN(C)c1ncnc3c1C(C=N2)C(=O)N3. The molecule has 2 bridgehead atoms. The molecule has 35 heavy (non-hydrogen) atoms. The average Bonchev–Trinajstić information content (AvgIpc) is 3.16. The molecule has 1 aromatic carbocycles. The first-order valence-corrected chi connectivity index (χ1v) is 12.0. The molecule has 2 aliphatic heterocycles. The number of amides is 2. The number of likely N-dealkylation sites (N-methyl/N-ethyl adjacent to an activating group) is 1. The standard InChI is InChI=1S/C25H33N7O3/c1-31-11-6-4-5-7-21(33)26-10-12-32(2)24-22-19(25(34)30-23(22)28-16-29-24)14-27-18-8-9-20(35-3)17(13-18)15-31/h8-9,13-14,16,19H,4-7,10-12,15H2,1-3H3,(H,26,33)(H,28,29,30,34). The summed E-state index contributed by atoms with van der Waals surface area (Å²) in [6, 6.07) is 5.79. The Morgan fingerprint density at radius 3 is 2.77 bits per heavy atom. The maximum Gasteiger partial charge on any atom is 0.238 e. The molecular formula is C25H33N7O3. The molecule has 2 N–H and O–H groups in total. The number of carbonyl (C=O) groups is 2. The van der Waals surface area contributed by atoms with E-state index in [0.29, 0.717) is 43.3 Å². The number of benzene rings is 1. The Hall–Kier alpha value is -3.53. The van der Waals surface area contributed by atoms with Crippen LogP contribution < -0.4 is 20.3 Å². The molecule has 1 unspecified atom stereocenters. The van der Waals surface area contributed by atoms with E-state index >= 15 is 0 Å². The number of carbonyl (C=O) groups excluding carboxylic acids is 2. The quantitative estimate of drug-likeness (QED) is 0.646. The molecule has 10 nitrogen and oxygen atoms in total. The van der Waals surface area contributed by atoms with E-state index < -0.39 is 5.92 Å². The predicted octanol–water partition coefficient (Wildman–Crippen LogP) is 2.48. The van der Waals surface area contributed by atoms with Crippen molar-refractivity contribution in [1.29, 1.82) is 0 Å². The zero-order chi connectivity index (χ0) is 24.8. The van der Waals surface area contributed by atoms with Gasteiger partial charge in [0, 0.05) is 44.9 Å². The van der Waals surface area contributed by atoms with Crippen molar-refractivity contribution in [2.45, 2.75) is 38.1 Å². The fourth-order valence-electron chi connectivity index (χ4n) is 4.44. The monoisotopic (exact) mass is 479 g/mol. The van der Waals surface area contributed by atoms with E-state index in [4.69, 9.17) is 4.74 Å². The van der Waals surface area contributed by atoms with Crippen LogP contribution in [0.2, 0.25) is 0 Å². The van der Waals surface area contributed by atoms with Crippen LogP contribution in [0.5, 0.6) is 5.75 Å². The van der Waals surface area contributed by atoms with Crippen LogP contribution in [0.15, 0.2) is 29.5 Å². The van der Waals surface area contributed by atoms with E-state index in [-0.39, 0.29) is 11.8 Å². The molecule has 1 aromatic heterocycles. The zero-order valence-electron chi connectivity index (χ0n) is 20.6. The second-order valence-electron chi connectivity index (χ2n) is 9.02. The van der Waals surface area contributed by atoms with Crippen molar-refractivity contribution >= 4 is 35.4 Å². The van der Waals surface area contributed by atoms with Gasteiger partial charge in [0.2, 0.25) is 11.8 Å². The Morgan fingerprint density at radius 2 is 1.94 bits per heavy atom. The number of nitrogens with one attached hydrogen (secondary N) is 2. The van der Waals surface area contributed by atoms with Gasteiger partial charge in [-0.3, -0.25) is 14.6 Å². The first-order valence-electron chi connectivity index (χ1n) is 12.0. The van der Waals surface area contributed by atoms with Gasteiger partial charge < -0.3 is 25.2 Å². The lowest BCUT2D eigenvalue weighted by molar-refractivity contribution is -0.121. The second kappa shape index (κ2) is 11.3. The molecule has 186 valence electrons. The lowest BCUT2D eigenvalue weighted by atomic mass is 10.0. The summed E-state index contributed by atoms with van der Waals surface area (Å²) < 4.78 is 5.56. The van der Waals surface area contributed by atoms with Crippen LogP contribution in [0.25, 0.3) is 0 Å². The van der Waals surface area contributed by atoms with Crippen molar-refractivity contribution in [3.63, 3.8) is 0 Å². The number of nitrogens with zero attached hydrogens (tertiary/aromatic N) is 5. The van der Waals surface area contributed by atoms with Crippen LogP contribution in [0.4, 0.5) is 17.3 Å². The van der Waals surface area contributed by atoms with Crippen molar-refractivity contribution in [2.75, 3.05) is 51.1 Å². The Labute approximate surface area is 205 Å². The largest absolute Gasteiger partial charge is 0.496 e. The lowest BCUT2D eigenvalue weighted by Crippen LogP contribution is -2.33. The number of fused-ring (bicyclic) bond motifs is 2. The number of methoxy groups -OCH3 is 1. The normalized spacial score (nSPS) is 20.1. The number of anilines is 2. The number of rotatable bonds is 1. The van der Waals surface area contributed by atoms with E-state index in [1.165, 1.54) is 6.33 Å². The van der Waals surface area contributed by atoms with Gasteiger partial charge in [-0.1, -0.05) is 6.42 Å². The Kier molecular flexibility index (Phi) is 7.91. The summed E-state index contributed by atoms with van der Waals surface area (Å²) in [6.45, 7) is 2.68. The van der Waals surface area contributed by atoms with Crippen LogP contribution in [0.3, 0.4) is 0 Å². The minimum Gasteiger partial charge on any atom is -0.496 e. The molecule has 1 atom stereocenters. The molecule has 10 heteroatoms. The summed E-state index contributed by atoms with van der Waals surface area (Å²) in [7, 11) is 5.63. The lowest BCUT2D eigenvalue weighted by Gasteiger charge is -2.21. The van der Waals surface area contributed by atoms with E-state index in [1.807, 2.05) is 30.1 Å². The van der Waals surface area contributed by atoms with Gasteiger partial charge >= 0.3 is 0 Å². The van der Waals surface area contributed by atoms with E-state index in [2.05, 4.69) is 37.5 Å². The highest BCUT2D eigenvalue weighted by atomic mass is 16.5. The molecule has 0 fully saturated rings. The number of aromatic nitrogens is 2. The first-order chi connectivity index (χ1) is 17.0. The minimum atomic E-state index is -0.614. The predicted molar refractivity (Wildman–Crippen MR) is 136 cm³/mol. The van der Waals surface area contributed by atoms with Gasteiger partial charge in [0.1, 0.15) is 29.6 Å². The Balaban J connectivity index is 1.66. The molecule has 2 amide bonds. The van der Waals surface area contributed by atoms with Crippen molar-refractivity contribution < 1.29 is 14.3 Å². The molecule has 0 spiro atoms. The highest BCUT2D eigenvalue weighted by Crippen LogP contribution is 2.36. The van der Waals surface area contributed by atoms with Gasteiger partial charge in [0.25, 0.3) is 0 Å². The van der Waals surface area contributed by atoms with Crippen molar-refractivity contribution in [2.24, 2.45) is 4.99 Å². The van der Waals surface area contributed by atoms with Crippen LogP contribution >= 0.6 is 0 Å². The molecular weight excluding hydrogens is 446 g/mol. The van der Waals surface area contributed by atoms with E-state index in [0.717, 1.165) is 42.8 Å². The van der Waals surface area contributed by atoms with Crippen LogP contribution in [-0.2, 0) is 16.1 Å². The Morgan fingerprint density at radius 1 is 1.09 bits per heavy atom. The Bertz CT molecular complexity index is 1100. The first kappa shape index (κ1) is 24.6. The molecule has 0 aliphatic carbocycles. The van der Waals surface area contributed by atoms with Crippen molar-refractivity contribution in [3.05, 3.63) is 35.7 Å². The smallest absolute Gasteiger partial charge is 0.238 e. The fraction of sp³-hybridized carbons (Fsp3) is 0.480. The van der Waals surface area contributed by atoms with Gasteiger partial charge in [-0.25, -0.2) is 9.97 Å². The third kappa shape index (κ3) is 5.94. The molecule has 3 heterocycles. The van der Waals surface area contributed by atoms with Gasteiger partial charge in [-0.2, -0.15) is 0 Å². The average molecular weight is 480 g/mol. The third-order valence-electron chi connectivity index (χ3n) is 6.35. The summed E-state index contributed by atoms with van der Waals surface area (Å²) in [5.41, 5.74) is 2.47. The molecule has 4 rings (SSSR count). The summed E-state index contributed by atoms with van der Waals surface area (Å²) in [6.07, 6.45) is 6.48. The minimum absolute atomic E-state index is 0.0532. The van der Waals surface area contributed by atoms with E-state index in [1.54, 1.807) is 13.3 Å². The van der Waals surface area contributed by atoms with Gasteiger partial charge in [-0.15, -0.1) is 0 Å². The summed E-state index contributed by atoms with van der Waals surface area (Å²) in [4.78, 5) is 42.6. The summed E-state index contributed by atoms with van der Waals surface area (Å²) in [5, 5.41) is 5.82. The van der Waals surface area contributed by atoms with Crippen molar-refractivity contribution in [1.82, 2.24) is 20.2 Å². The molecule has 2 aromatic rings. The highest BCUT2D eigenvalue weighted by Gasteiger charge is 2.34. The molecule has 0 saturated heterocycles. The number of aliphatic imine (C=N–C) groups is 1. The van der Waals surface area contributed by atoms with E-state index in [9.17, 15) is 9.59 Å². The van der Waals surface area contributed by atoms with Crippen molar-refractivity contribution in [3.8, 4) is 5.75 Å². The molecule has 0 radical (unpaired) electrons. The van der Waals surface area contributed by atoms with Crippen LogP contribution in [0, 0.1) is 0 Å². The molecule has 2 aliphatic rings. The summed E-state index contributed by atoms with van der Waals surface area (Å²) in [5.74, 6) is 1.19. The zero-order valence-corrected chi connectivity index (χ0v) is 20.6.